The van der Waals surface area contributed by atoms with E-state index >= 15 is 0 Å². The summed E-state index contributed by atoms with van der Waals surface area (Å²) in [6.45, 7) is 46.9. The molecule has 0 saturated carbocycles. The highest BCUT2D eigenvalue weighted by molar-refractivity contribution is 5.84. The zero-order valence-electron chi connectivity index (χ0n) is 71.9. The van der Waals surface area contributed by atoms with Crippen LogP contribution in [0.3, 0.4) is 0 Å². The molecule has 4 N–H and O–H groups in total. The van der Waals surface area contributed by atoms with Gasteiger partial charge in [0.1, 0.15) is 34.5 Å². The van der Waals surface area contributed by atoms with Crippen molar-refractivity contribution in [2.24, 2.45) is 82.5 Å². The lowest BCUT2D eigenvalue weighted by Gasteiger charge is -2.19. The number of hydrogen-bond donors (Lipinski definition) is 2. The van der Waals surface area contributed by atoms with Crippen molar-refractivity contribution in [3.63, 3.8) is 0 Å². The Morgan fingerprint density at radius 1 is 0.222 bits per heavy atom. The Hall–Kier alpha value is -6.22. The second-order valence-electron chi connectivity index (χ2n) is 35.4. The smallest absolute Gasteiger partial charge is 0.127 e. The Balaban J connectivity index is 1.76. The Morgan fingerprint density at radius 3 is 0.546 bits per heavy atom. The molecule has 0 heterocycles. The third-order valence-corrected chi connectivity index (χ3v) is 21.7. The van der Waals surface area contributed by atoms with Gasteiger partial charge < -0.3 is 39.9 Å². The van der Waals surface area contributed by atoms with Gasteiger partial charge in [0.05, 0.1) is 39.6 Å². The average Bonchev–Trinajstić information content (AvgIpc) is 0.808. The van der Waals surface area contributed by atoms with E-state index in [1.54, 1.807) is 0 Å². The number of ether oxygens (including phenoxy) is 6. The lowest BCUT2D eigenvalue weighted by atomic mass is 9.97. The molecule has 5 rings (SSSR count). The fourth-order valence-corrected chi connectivity index (χ4v) is 13.9. The predicted molar refractivity (Wildman–Crippen MR) is 471 cm³/mol. The average molecular weight is 1480 g/mol. The standard InChI is InChI=1S/C100H156N2O6/c1-73(2)25-19-31-79(13)53-59-103-95-67-91(97(105-61-55-81(15)33-21-27-75(5)6)65-89(95)47-45-85-37-41-87(71-101)42-38-85)49-51-93-69-100(108-64-58-84(18)36-24-30-78(11)12)94(70-99(93)107-63-57-83(17)35-23-29-77(9)10)52-50-92-68-96(104-60-54-80(14)32-20-26-74(3)4)90(48-46-86-39-43-88(72-102)44-40-86)66-98(92)106-62-56-82(16)34-22-28-76(7)8/h37-52,65-70,73-84H,19-36,53-64,71-72,101-102H2,1-18H3/b47-45-,48-46+,51-49-,52-50+/t79-,80-,81-,82-,83-,84-/m0/s1. The second-order valence-corrected chi connectivity index (χ2v) is 35.4. The maximum atomic E-state index is 7.17. The molecular formula is C100H156N2O6. The number of nitrogens with two attached hydrogens (primary N) is 2. The van der Waals surface area contributed by atoms with E-state index in [4.69, 9.17) is 39.9 Å². The first-order valence-electron chi connectivity index (χ1n) is 43.5. The topological polar surface area (TPSA) is 107 Å². The Bertz CT molecular complexity index is 3110. The summed E-state index contributed by atoms with van der Waals surface area (Å²) in [5.41, 5.74) is 22.3. The fraction of sp³-hybridized carbons (Fsp3) is 0.620. The van der Waals surface area contributed by atoms with Crippen molar-refractivity contribution in [1.29, 1.82) is 0 Å². The lowest BCUT2D eigenvalue weighted by molar-refractivity contribution is 0.268. The molecular weight excluding hydrogens is 1330 g/mol. The highest BCUT2D eigenvalue weighted by Crippen LogP contribution is 2.39. The van der Waals surface area contributed by atoms with E-state index in [-0.39, 0.29) is 0 Å². The molecule has 0 fully saturated rings. The third-order valence-electron chi connectivity index (χ3n) is 21.7. The maximum Gasteiger partial charge on any atom is 0.127 e. The summed E-state index contributed by atoms with van der Waals surface area (Å²) < 4.78 is 42.4. The van der Waals surface area contributed by atoms with Crippen LogP contribution in [0, 0.1) is 71.0 Å². The van der Waals surface area contributed by atoms with Crippen LogP contribution in [0.25, 0.3) is 48.6 Å². The van der Waals surface area contributed by atoms with E-state index in [0.29, 0.717) is 124 Å². The normalized spacial score (nSPS) is 13.9. The number of hydrogen-bond acceptors (Lipinski definition) is 8. The van der Waals surface area contributed by atoms with Crippen molar-refractivity contribution in [2.45, 2.75) is 292 Å². The van der Waals surface area contributed by atoms with E-state index in [1.165, 1.54) is 116 Å². The van der Waals surface area contributed by atoms with Gasteiger partial charge in [-0.1, -0.05) is 337 Å². The summed E-state index contributed by atoms with van der Waals surface area (Å²) in [5.74, 6) is 12.4. The van der Waals surface area contributed by atoms with Gasteiger partial charge in [0.25, 0.3) is 0 Å². The van der Waals surface area contributed by atoms with Gasteiger partial charge in [0.15, 0.2) is 0 Å². The monoisotopic (exact) mass is 1480 g/mol. The minimum absolute atomic E-state index is 0.509. The van der Waals surface area contributed by atoms with Gasteiger partial charge in [0, 0.05) is 46.5 Å². The SMILES string of the molecule is CC(C)CCC[C@H](C)CCOc1cc(/C=C\c2cc(OCC[C@@H](C)CCCC(C)C)c(/C=C/c3cc(OCC[C@@H](C)CCCC(C)C)c(/C=C/c4ccc(CN)cc4)cc3OCC[C@@H](C)CCCC(C)C)cc2OCC[C@@H](C)CCCC(C)C)c(OCC[C@@H](C)CCCC(C)C)cc1/C=C\c1ccc(CN)cc1. The molecule has 0 aliphatic rings. The van der Waals surface area contributed by atoms with Crippen molar-refractivity contribution in [3.05, 3.63) is 141 Å². The van der Waals surface area contributed by atoms with E-state index < -0.39 is 0 Å². The minimum Gasteiger partial charge on any atom is -0.493 e. The fourth-order valence-electron chi connectivity index (χ4n) is 13.9. The first-order valence-corrected chi connectivity index (χ1v) is 43.5. The van der Waals surface area contributed by atoms with Crippen LogP contribution in [-0.2, 0) is 13.1 Å². The van der Waals surface area contributed by atoms with Crippen molar-refractivity contribution >= 4 is 48.6 Å². The van der Waals surface area contributed by atoms with E-state index in [9.17, 15) is 0 Å². The molecule has 8 heteroatoms. The molecule has 602 valence electrons. The molecule has 5 aromatic carbocycles. The maximum absolute atomic E-state index is 7.17. The molecule has 5 aromatic rings. The van der Waals surface area contributed by atoms with Gasteiger partial charge in [-0.3, -0.25) is 0 Å². The highest BCUT2D eigenvalue weighted by atomic mass is 16.5. The Labute approximate surface area is 662 Å². The van der Waals surface area contributed by atoms with Crippen LogP contribution in [-0.4, -0.2) is 39.6 Å². The van der Waals surface area contributed by atoms with E-state index in [2.05, 4.69) is 258 Å². The molecule has 108 heavy (non-hydrogen) atoms. The van der Waals surface area contributed by atoms with E-state index in [0.717, 1.165) is 129 Å². The molecule has 6 atom stereocenters. The summed E-state index contributed by atoms with van der Waals surface area (Å²) in [7, 11) is 0. The zero-order valence-corrected chi connectivity index (χ0v) is 71.9. The number of rotatable bonds is 58. The second kappa shape index (κ2) is 52.9. The van der Waals surface area contributed by atoms with Gasteiger partial charge in [-0.15, -0.1) is 0 Å². The van der Waals surface area contributed by atoms with Crippen molar-refractivity contribution in [3.8, 4) is 34.5 Å². The van der Waals surface area contributed by atoms with Crippen molar-refractivity contribution < 1.29 is 28.4 Å². The highest BCUT2D eigenvalue weighted by Gasteiger charge is 2.19. The Kier molecular flexibility index (Phi) is 45.2. The molecule has 0 aliphatic heterocycles. The molecule has 0 aromatic heterocycles. The van der Waals surface area contributed by atoms with Crippen LogP contribution in [0.1, 0.15) is 334 Å². The Morgan fingerprint density at radius 2 is 0.389 bits per heavy atom. The zero-order chi connectivity index (χ0) is 78.6. The first kappa shape index (κ1) is 92.4. The minimum atomic E-state index is 0.509. The molecule has 0 spiro atoms. The molecule has 0 radical (unpaired) electrons. The molecule has 0 aliphatic carbocycles. The van der Waals surface area contributed by atoms with Crippen LogP contribution < -0.4 is 39.9 Å². The van der Waals surface area contributed by atoms with Gasteiger partial charge in [0.2, 0.25) is 0 Å². The van der Waals surface area contributed by atoms with Crippen molar-refractivity contribution in [1.82, 2.24) is 0 Å². The third kappa shape index (κ3) is 39.1. The summed E-state index contributed by atoms with van der Waals surface area (Å²) >= 11 is 0. The van der Waals surface area contributed by atoms with Crippen LogP contribution in [0.15, 0.2) is 84.9 Å². The van der Waals surface area contributed by atoms with Gasteiger partial charge >= 0.3 is 0 Å². The summed E-state index contributed by atoms with van der Waals surface area (Å²) in [6, 6.07) is 30.3. The van der Waals surface area contributed by atoms with Gasteiger partial charge in [-0.2, -0.15) is 0 Å². The quantitative estimate of drug-likeness (QED) is 0.0371. The summed E-state index contributed by atoms with van der Waals surface area (Å²) in [4.78, 5) is 0. The molecule has 8 nitrogen and oxygen atoms in total. The summed E-state index contributed by atoms with van der Waals surface area (Å²) in [5, 5.41) is 0. The van der Waals surface area contributed by atoms with Crippen LogP contribution in [0.4, 0.5) is 0 Å². The number of benzene rings is 5. The largest absolute Gasteiger partial charge is 0.493 e. The van der Waals surface area contributed by atoms with Crippen LogP contribution in [0.2, 0.25) is 0 Å². The predicted octanol–water partition coefficient (Wildman–Crippen LogP) is 28.7. The molecule has 0 saturated heterocycles. The van der Waals surface area contributed by atoms with Gasteiger partial charge in [-0.25, -0.2) is 0 Å². The molecule has 0 amide bonds. The van der Waals surface area contributed by atoms with E-state index in [1.807, 2.05) is 0 Å². The van der Waals surface area contributed by atoms with Gasteiger partial charge in [-0.05, 0) is 168 Å². The molecule has 0 bridgehead atoms. The van der Waals surface area contributed by atoms with Crippen LogP contribution >= 0.6 is 0 Å². The van der Waals surface area contributed by atoms with Crippen LogP contribution in [0.5, 0.6) is 34.5 Å². The van der Waals surface area contributed by atoms with Crippen molar-refractivity contribution in [2.75, 3.05) is 39.6 Å². The lowest BCUT2D eigenvalue weighted by Crippen LogP contribution is -2.08. The first-order chi connectivity index (χ1) is 51.9. The summed E-state index contributed by atoms with van der Waals surface area (Å²) in [6.07, 6.45) is 45.4. The molecule has 0 unspecified atom stereocenters.